The molecule has 12 nitrogen and oxygen atoms in total. The number of amides is 3. The minimum atomic E-state index is -0.914. The topological polar surface area (TPSA) is 139 Å². The van der Waals surface area contributed by atoms with E-state index in [9.17, 15) is 19.5 Å². The Kier molecular flexibility index (Phi) is 21.1. The molecule has 2 saturated heterocycles. The molecule has 3 N–H and O–H groups in total. The van der Waals surface area contributed by atoms with Crippen molar-refractivity contribution in [3.05, 3.63) is 35.9 Å². The van der Waals surface area contributed by atoms with E-state index < -0.39 is 30.3 Å². The Balaban J connectivity index is 1.46. The van der Waals surface area contributed by atoms with E-state index in [1.807, 2.05) is 49.1 Å². The number of unbranched alkanes of at least 4 members (excludes halogenated alkanes) is 1. The monoisotopic (exact) mass is 787 g/mol. The number of aliphatic hydroxyl groups excluding tert-OH is 1. The molecule has 2 aliphatic heterocycles. The molecule has 1 aliphatic carbocycles. The maximum atomic E-state index is 14.4. The second-order valence-corrected chi connectivity index (χ2v) is 16.7. The van der Waals surface area contributed by atoms with Gasteiger partial charge in [-0.05, 0) is 62.5 Å². The summed E-state index contributed by atoms with van der Waals surface area (Å²) in [5, 5.41) is 18.3. The van der Waals surface area contributed by atoms with Crippen LogP contribution in [0.4, 0.5) is 0 Å². The second-order valence-electron chi connectivity index (χ2n) is 16.7. The molecular weight excluding hydrogens is 713 g/mol. The van der Waals surface area contributed by atoms with Crippen LogP contribution in [0.1, 0.15) is 110 Å². The van der Waals surface area contributed by atoms with Gasteiger partial charge in [-0.25, -0.2) is 0 Å². The van der Waals surface area contributed by atoms with Gasteiger partial charge < -0.3 is 39.6 Å². The first kappa shape index (κ1) is 46.1. The first-order valence-electron chi connectivity index (χ1n) is 21.8. The maximum Gasteiger partial charge on any atom is 0.252 e. The number of methoxy groups -OCH3 is 1. The number of nitrogens with zero attached hydrogens (tertiary/aromatic N) is 2. The van der Waals surface area contributed by atoms with Crippen molar-refractivity contribution in [1.82, 2.24) is 20.4 Å². The molecule has 0 aromatic heterocycles. The number of aliphatic hydroxyl groups is 1. The lowest BCUT2D eigenvalue weighted by Gasteiger charge is -2.36. The standard InChI is InChI=1S/C44H74N4O8/c1-5-6-18-40(56-41(30-35-16-11-8-12-17-35)44(52)48-23-19-36(20-24-48)55-32-53-4)43(51)46-38(29-34-14-9-7-10-15-34)39(49)31-37(33(2)3)42(50)45-21-13-22-47-25-27-54-28-26-47/h8,11-12,16-17,33-34,36-41,49H,5-7,9-10,13-15,18-32H2,1-4H3,(H,45,50)(H,46,51)/t37?,38?,39?,40-,41-/m0/s1. The highest BCUT2D eigenvalue weighted by atomic mass is 16.7. The van der Waals surface area contributed by atoms with Gasteiger partial charge in [-0.15, -0.1) is 0 Å². The zero-order valence-electron chi connectivity index (χ0n) is 35.0. The van der Waals surface area contributed by atoms with Crippen LogP contribution in [0.5, 0.6) is 0 Å². The fraction of sp³-hybridized carbons (Fsp3) is 0.795. The highest BCUT2D eigenvalue weighted by molar-refractivity contribution is 5.84. The second kappa shape index (κ2) is 25.7. The molecule has 3 aliphatic rings. The minimum absolute atomic E-state index is 0.0110. The van der Waals surface area contributed by atoms with E-state index in [-0.39, 0.29) is 43.0 Å². The average molecular weight is 787 g/mol. The molecule has 2 heterocycles. The molecular formula is C44H74N4O8. The van der Waals surface area contributed by atoms with E-state index in [0.29, 0.717) is 57.7 Å². The van der Waals surface area contributed by atoms with Gasteiger partial charge >= 0.3 is 0 Å². The van der Waals surface area contributed by atoms with E-state index in [0.717, 1.165) is 83.4 Å². The summed E-state index contributed by atoms with van der Waals surface area (Å²) in [4.78, 5) is 46.3. The van der Waals surface area contributed by atoms with Gasteiger partial charge in [0.25, 0.3) is 5.91 Å². The summed E-state index contributed by atoms with van der Waals surface area (Å²) < 4.78 is 22.9. The third kappa shape index (κ3) is 16.0. The van der Waals surface area contributed by atoms with Gasteiger partial charge in [0.2, 0.25) is 11.8 Å². The molecule has 1 aromatic carbocycles. The smallest absolute Gasteiger partial charge is 0.252 e. The highest BCUT2D eigenvalue weighted by Gasteiger charge is 2.36. The lowest BCUT2D eigenvalue weighted by Crippen LogP contribution is -2.52. The summed E-state index contributed by atoms with van der Waals surface area (Å²) >= 11 is 0. The molecule has 318 valence electrons. The molecule has 3 unspecified atom stereocenters. The van der Waals surface area contributed by atoms with Gasteiger partial charge in [0.05, 0.1) is 31.5 Å². The van der Waals surface area contributed by atoms with Crippen molar-refractivity contribution in [3.8, 4) is 0 Å². The summed E-state index contributed by atoms with van der Waals surface area (Å²) in [6, 6.07) is 9.27. The predicted octanol–water partition coefficient (Wildman–Crippen LogP) is 5.10. The van der Waals surface area contributed by atoms with Crippen molar-refractivity contribution in [2.75, 3.05) is 66.4 Å². The van der Waals surface area contributed by atoms with Crippen LogP contribution in [0.2, 0.25) is 0 Å². The molecule has 3 amide bonds. The van der Waals surface area contributed by atoms with Crippen LogP contribution in [-0.4, -0.2) is 129 Å². The fourth-order valence-corrected chi connectivity index (χ4v) is 8.43. The summed E-state index contributed by atoms with van der Waals surface area (Å²) in [6.45, 7) is 12.3. The van der Waals surface area contributed by atoms with Gasteiger partial charge in [-0.3, -0.25) is 19.3 Å². The Labute approximate surface area is 337 Å². The van der Waals surface area contributed by atoms with Gasteiger partial charge in [-0.2, -0.15) is 0 Å². The molecule has 0 spiro atoms. The molecule has 1 saturated carbocycles. The van der Waals surface area contributed by atoms with Gasteiger partial charge in [0.1, 0.15) is 19.0 Å². The van der Waals surface area contributed by atoms with Crippen molar-refractivity contribution in [2.24, 2.45) is 17.8 Å². The van der Waals surface area contributed by atoms with Crippen molar-refractivity contribution in [3.63, 3.8) is 0 Å². The molecule has 0 radical (unpaired) electrons. The van der Waals surface area contributed by atoms with Crippen LogP contribution in [0.3, 0.4) is 0 Å². The average Bonchev–Trinajstić information content (AvgIpc) is 3.22. The zero-order chi connectivity index (χ0) is 40.1. The summed E-state index contributed by atoms with van der Waals surface area (Å²) in [5.41, 5.74) is 0.962. The normalized spacial score (nSPS) is 20.3. The van der Waals surface area contributed by atoms with Crippen LogP contribution in [-0.2, 0) is 39.8 Å². The summed E-state index contributed by atoms with van der Waals surface area (Å²) in [7, 11) is 1.60. The van der Waals surface area contributed by atoms with E-state index in [4.69, 9.17) is 18.9 Å². The number of carbonyl (C=O) groups excluding carboxylic acids is 3. The van der Waals surface area contributed by atoms with Crippen LogP contribution < -0.4 is 10.6 Å². The Morgan fingerprint density at radius 2 is 1.64 bits per heavy atom. The van der Waals surface area contributed by atoms with Crippen LogP contribution >= 0.6 is 0 Å². The summed E-state index contributed by atoms with van der Waals surface area (Å²) in [5.74, 6) is -0.481. The van der Waals surface area contributed by atoms with E-state index in [1.54, 1.807) is 7.11 Å². The van der Waals surface area contributed by atoms with Crippen molar-refractivity contribution >= 4 is 17.7 Å². The first-order chi connectivity index (χ1) is 27.2. The zero-order valence-corrected chi connectivity index (χ0v) is 35.0. The van der Waals surface area contributed by atoms with Crippen molar-refractivity contribution in [2.45, 2.75) is 141 Å². The molecule has 3 fully saturated rings. The van der Waals surface area contributed by atoms with Crippen LogP contribution in [0, 0.1) is 17.8 Å². The quantitative estimate of drug-likeness (QED) is 0.0966. The summed E-state index contributed by atoms with van der Waals surface area (Å²) in [6.07, 6.45) is 8.61. The third-order valence-electron chi connectivity index (χ3n) is 12.0. The highest BCUT2D eigenvalue weighted by Crippen LogP contribution is 2.30. The number of benzene rings is 1. The van der Waals surface area contributed by atoms with E-state index >= 15 is 0 Å². The Morgan fingerprint density at radius 1 is 0.929 bits per heavy atom. The Bertz CT molecular complexity index is 1250. The lowest BCUT2D eigenvalue weighted by molar-refractivity contribution is -0.157. The first-order valence-corrected chi connectivity index (χ1v) is 21.8. The van der Waals surface area contributed by atoms with Gasteiger partial charge in [0.15, 0.2) is 0 Å². The molecule has 0 bridgehead atoms. The minimum Gasteiger partial charge on any atom is -0.391 e. The number of hydrogen-bond donors (Lipinski definition) is 3. The number of piperidine rings is 1. The third-order valence-corrected chi connectivity index (χ3v) is 12.0. The number of carbonyl (C=O) groups is 3. The molecule has 1 aromatic rings. The van der Waals surface area contributed by atoms with Crippen LogP contribution in [0.25, 0.3) is 0 Å². The van der Waals surface area contributed by atoms with E-state index in [1.165, 1.54) is 6.42 Å². The molecule has 4 rings (SSSR count). The van der Waals surface area contributed by atoms with Gasteiger partial charge in [-0.1, -0.05) is 96.0 Å². The maximum absolute atomic E-state index is 14.4. The Morgan fingerprint density at radius 3 is 2.30 bits per heavy atom. The number of ether oxygens (including phenoxy) is 4. The number of rotatable bonds is 24. The number of likely N-dealkylation sites (tertiary alicyclic amines) is 1. The Hall–Kier alpha value is -2.61. The molecule has 12 heteroatoms. The van der Waals surface area contributed by atoms with Crippen molar-refractivity contribution < 1.29 is 38.4 Å². The number of hydrogen-bond acceptors (Lipinski definition) is 9. The largest absolute Gasteiger partial charge is 0.391 e. The number of morpholine rings is 1. The molecule has 5 atom stereocenters. The fourth-order valence-electron chi connectivity index (χ4n) is 8.43. The SMILES string of the molecule is CCCC[C@H](O[C@@H](Cc1ccccc1)C(=O)N1CCC(OCOC)CC1)C(=O)NC(CC1CCCCC1)C(O)CC(C(=O)NCCCN1CCOCC1)C(C)C. The van der Waals surface area contributed by atoms with Crippen molar-refractivity contribution in [1.29, 1.82) is 0 Å². The van der Waals surface area contributed by atoms with E-state index in [2.05, 4.69) is 22.5 Å². The lowest BCUT2D eigenvalue weighted by atomic mass is 9.81. The van der Waals surface area contributed by atoms with Gasteiger partial charge in [0, 0.05) is 52.2 Å². The predicted molar refractivity (Wildman–Crippen MR) is 218 cm³/mol. The van der Waals surface area contributed by atoms with Crippen LogP contribution in [0.15, 0.2) is 30.3 Å². The molecule has 56 heavy (non-hydrogen) atoms. The number of nitrogens with one attached hydrogen (secondary N) is 2.